The first-order valence-electron chi connectivity index (χ1n) is 8.23. The SMILES string of the molecule is O=C(O)/C(=C\c1ccc(Oc2ccccc2Br)nc1)NC(=O)c1ccccc1. The van der Waals surface area contributed by atoms with E-state index in [1.165, 1.54) is 12.3 Å². The molecule has 1 heterocycles. The number of carbonyl (C=O) groups excluding carboxylic acids is 1. The number of carboxylic acids is 1. The Kier molecular flexibility index (Phi) is 6.18. The van der Waals surface area contributed by atoms with Gasteiger partial charge >= 0.3 is 5.97 Å². The zero-order valence-corrected chi connectivity index (χ0v) is 16.1. The van der Waals surface area contributed by atoms with Gasteiger partial charge in [-0.2, -0.15) is 0 Å². The van der Waals surface area contributed by atoms with E-state index in [1.54, 1.807) is 48.5 Å². The maximum atomic E-state index is 12.2. The van der Waals surface area contributed by atoms with Crippen molar-refractivity contribution in [3.05, 3.63) is 94.2 Å². The fourth-order valence-electron chi connectivity index (χ4n) is 2.28. The van der Waals surface area contributed by atoms with Crippen molar-refractivity contribution in [2.45, 2.75) is 0 Å². The average Bonchev–Trinajstić information content (AvgIpc) is 2.71. The van der Waals surface area contributed by atoms with Crippen molar-refractivity contribution in [1.29, 1.82) is 0 Å². The number of aromatic nitrogens is 1. The molecule has 2 aromatic carbocycles. The summed E-state index contributed by atoms with van der Waals surface area (Å²) in [5, 5.41) is 11.8. The minimum atomic E-state index is -1.25. The molecule has 0 fully saturated rings. The molecule has 0 spiro atoms. The molecule has 0 saturated heterocycles. The number of nitrogens with zero attached hydrogens (tertiary/aromatic N) is 1. The number of carbonyl (C=O) groups is 2. The minimum Gasteiger partial charge on any atom is -0.477 e. The molecule has 2 N–H and O–H groups in total. The highest BCUT2D eigenvalue weighted by molar-refractivity contribution is 9.10. The van der Waals surface area contributed by atoms with E-state index in [4.69, 9.17) is 4.74 Å². The van der Waals surface area contributed by atoms with Crippen LogP contribution in [0.5, 0.6) is 11.6 Å². The number of aliphatic carboxylic acids is 1. The van der Waals surface area contributed by atoms with E-state index in [1.807, 2.05) is 18.2 Å². The third-order valence-corrected chi connectivity index (χ3v) is 4.29. The highest BCUT2D eigenvalue weighted by Crippen LogP contribution is 2.28. The van der Waals surface area contributed by atoms with E-state index in [-0.39, 0.29) is 5.70 Å². The number of halogens is 1. The molecule has 1 amide bonds. The molecule has 3 rings (SSSR count). The van der Waals surface area contributed by atoms with Crippen molar-refractivity contribution in [3.63, 3.8) is 0 Å². The molecule has 28 heavy (non-hydrogen) atoms. The lowest BCUT2D eigenvalue weighted by Crippen LogP contribution is -2.27. The molecule has 0 saturated carbocycles. The number of hydrogen-bond donors (Lipinski definition) is 2. The van der Waals surface area contributed by atoms with Gasteiger partial charge in [0.2, 0.25) is 5.88 Å². The van der Waals surface area contributed by atoms with Crippen LogP contribution in [-0.2, 0) is 4.79 Å². The Labute approximate surface area is 169 Å². The average molecular weight is 439 g/mol. The monoisotopic (exact) mass is 438 g/mol. The second-order valence-corrected chi connectivity index (χ2v) is 6.50. The van der Waals surface area contributed by atoms with Crippen LogP contribution < -0.4 is 10.1 Å². The highest BCUT2D eigenvalue weighted by Gasteiger charge is 2.13. The van der Waals surface area contributed by atoms with Crippen LogP contribution in [0, 0.1) is 0 Å². The van der Waals surface area contributed by atoms with Gasteiger partial charge in [0.1, 0.15) is 11.4 Å². The first-order chi connectivity index (χ1) is 13.5. The normalized spacial score (nSPS) is 11.0. The van der Waals surface area contributed by atoms with Gasteiger partial charge in [-0.05, 0) is 57.9 Å². The predicted molar refractivity (Wildman–Crippen MR) is 108 cm³/mol. The summed E-state index contributed by atoms with van der Waals surface area (Å²) < 4.78 is 6.46. The number of benzene rings is 2. The second kappa shape index (κ2) is 8.96. The summed E-state index contributed by atoms with van der Waals surface area (Å²) >= 11 is 3.39. The molecule has 7 heteroatoms. The number of nitrogens with one attached hydrogen (secondary N) is 1. The summed E-state index contributed by atoms with van der Waals surface area (Å²) in [5.74, 6) is -0.789. The van der Waals surface area contributed by atoms with Gasteiger partial charge in [0.15, 0.2) is 0 Å². The zero-order valence-electron chi connectivity index (χ0n) is 14.5. The lowest BCUT2D eigenvalue weighted by Gasteiger charge is -2.08. The minimum absolute atomic E-state index is 0.255. The van der Waals surface area contributed by atoms with Crippen molar-refractivity contribution < 1.29 is 19.4 Å². The number of amides is 1. The molecule has 0 aliphatic carbocycles. The topological polar surface area (TPSA) is 88.5 Å². The smallest absolute Gasteiger partial charge is 0.352 e. The summed E-state index contributed by atoms with van der Waals surface area (Å²) in [7, 11) is 0. The fraction of sp³-hybridized carbons (Fsp3) is 0. The Hall–Kier alpha value is -3.45. The molecule has 140 valence electrons. The summed E-state index contributed by atoms with van der Waals surface area (Å²) in [5.41, 5.74) is 0.616. The number of rotatable bonds is 6. The van der Waals surface area contributed by atoms with Gasteiger partial charge in [-0.3, -0.25) is 4.79 Å². The first kappa shape index (κ1) is 19.3. The number of para-hydroxylation sites is 1. The van der Waals surface area contributed by atoms with Gasteiger partial charge in [-0.1, -0.05) is 30.3 Å². The standard InChI is InChI=1S/C21H15BrN2O4/c22-16-8-4-5-9-18(16)28-19-11-10-14(13-23-19)12-17(21(26)27)24-20(25)15-6-2-1-3-7-15/h1-13H,(H,24,25)(H,26,27)/b17-12+. The molecule has 0 aliphatic heterocycles. The third-order valence-electron chi connectivity index (χ3n) is 3.64. The van der Waals surface area contributed by atoms with E-state index in [2.05, 4.69) is 26.2 Å². The van der Waals surface area contributed by atoms with Crippen molar-refractivity contribution in [2.24, 2.45) is 0 Å². The predicted octanol–water partition coefficient (Wildman–Crippen LogP) is 4.49. The Balaban J connectivity index is 1.75. The first-order valence-corrected chi connectivity index (χ1v) is 9.02. The van der Waals surface area contributed by atoms with Crippen LogP contribution in [0.15, 0.2) is 83.1 Å². The van der Waals surface area contributed by atoms with Crippen molar-refractivity contribution in [2.75, 3.05) is 0 Å². The van der Waals surface area contributed by atoms with E-state index in [9.17, 15) is 14.7 Å². The summed E-state index contributed by atoms with van der Waals surface area (Å²) in [6, 6.07) is 19.0. The van der Waals surface area contributed by atoms with Crippen molar-refractivity contribution in [3.8, 4) is 11.6 Å². The number of carboxylic acid groups (broad SMARTS) is 1. The number of ether oxygens (including phenoxy) is 1. The molecule has 0 aliphatic rings. The van der Waals surface area contributed by atoms with Gasteiger partial charge in [0.25, 0.3) is 5.91 Å². The number of pyridine rings is 1. The van der Waals surface area contributed by atoms with Gasteiger partial charge < -0.3 is 15.2 Å². The quantitative estimate of drug-likeness (QED) is 0.553. The van der Waals surface area contributed by atoms with E-state index >= 15 is 0 Å². The number of hydrogen-bond acceptors (Lipinski definition) is 4. The molecule has 0 unspecified atom stereocenters. The summed E-state index contributed by atoms with van der Waals surface area (Å²) in [6.07, 6.45) is 2.79. The van der Waals surface area contributed by atoms with E-state index in [0.717, 1.165) is 4.47 Å². The van der Waals surface area contributed by atoms with Gasteiger partial charge in [-0.15, -0.1) is 0 Å². The van der Waals surface area contributed by atoms with E-state index < -0.39 is 11.9 Å². The zero-order chi connectivity index (χ0) is 19.9. The molecule has 3 aromatic rings. The lowest BCUT2D eigenvalue weighted by atomic mass is 10.2. The van der Waals surface area contributed by atoms with Crippen LogP contribution >= 0.6 is 15.9 Å². The van der Waals surface area contributed by atoms with Crippen LogP contribution in [0.2, 0.25) is 0 Å². The van der Waals surface area contributed by atoms with Crippen molar-refractivity contribution in [1.82, 2.24) is 10.3 Å². The summed E-state index contributed by atoms with van der Waals surface area (Å²) in [6.45, 7) is 0. The lowest BCUT2D eigenvalue weighted by molar-refractivity contribution is -0.132. The largest absolute Gasteiger partial charge is 0.477 e. The Morgan fingerprint density at radius 1 is 1.00 bits per heavy atom. The Morgan fingerprint density at radius 2 is 1.71 bits per heavy atom. The van der Waals surface area contributed by atoms with Crippen LogP contribution in [0.3, 0.4) is 0 Å². The fourth-order valence-corrected chi connectivity index (χ4v) is 2.65. The summed E-state index contributed by atoms with van der Waals surface area (Å²) in [4.78, 5) is 27.8. The van der Waals surface area contributed by atoms with Crippen LogP contribution in [0.25, 0.3) is 6.08 Å². The second-order valence-electron chi connectivity index (χ2n) is 5.65. The van der Waals surface area contributed by atoms with Crippen LogP contribution in [-0.4, -0.2) is 22.0 Å². The van der Waals surface area contributed by atoms with Crippen LogP contribution in [0.1, 0.15) is 15.9 Å². The maximum absolute atomic E-state index is 12.2. The molecule has 1 aromatic heterocycles. The maximum Gasteiger partial charge on any atom is 0.352 e. The van der Waals surface area contributed by atoms with Crippen molar-refractivity contribution >= 4 is 33.9 Å². The van der Waals surface area contributed by atoms with Gasteiger partial charge in [-0.25, -0.2) is 9.78 Å². The molecule has 0 atom stereocenters. The molecular weight excluding hydrogens is 424 g/mol. The molecule has 6 nitrogen and oxygen atoms in total. The Morgan fingerprint density at radius 3 is 2.36 bits per heavy atom. The van der Waals surface area contributed by atoms with Gasteiger partial charge in [0.05, 0.1) is 4.47 Å². The van der Waals surface area contributed by atoms with E-state index in [0.29, 0.717) is 22.8 Å². The third kappa shape index (κ3) is 5.05. The van der Waals surface area contributed by atoms with Crippen LogP contribution in [0.4, 0.5) is 0 Å². The highest BCUT2D eigenvalue weighted by atomic mass is 79.9. The molecule has 0 radical (unpaired) electrons. The molecule has 0 bridgehead atoms. The Bertz CT molecular complexity index is 1020. The van der Waals surface area contributed by atoms with Gasteiger partial charge in [0, 0.05) is 17.8 Å². The molecular formula is C21H15BrN2O4.